The predicted octanol–water partition coefficient (Wildman–Crippen LogP) is 3.22. The molecule has 0 bridgehead atoms. The molecule has 0 heterocycles. The minimum Gasteiger partial charge on any atom is -0.478 e. The zero-order valence-corrected chi connectivity index (χ0v) is 11.7. The van der Waals surface area contributed by atoms with Crippen molar-refractivity contribution in [2.75, 3.05) is 12.4 Å². The smallest absolute Gasteiger partial charge is 0.338 e. The first-order chi connectivity index (χ1) is 8.95. The van der Waals surface area contributed by atoms with Crippen LogP contribution in [0.15, 0.2) is 17.0 Å². The summed E-state index contributed by atoms with van der Waals surface area (Å²) in [6, 6.07) is 2.03. The second-order valence-corrected chi connectivity index (χ2v) is 5.00. The summed E-state index contributed by atoms with van der Waals surface area (Å²) in [5.74, 6) is -2.73. The quantitative estimate of drug-likeness (QED) is 0.646. The minimum absolute atomic E-state index is 0.00951. The predicted molar refractivity (Wildman–Crippen MR) is 70.3 cm³/mol. The third kappa shape index (κ3) is 4.72. The molecule has 0 aromatic heterocycles. The SMILES string of the molecule is CCCOC(=O)CSc1cc(C(=O)O)c(F)cc1Cl. The number of aromatic carboxylic acids is 1. The van der Waals surface area contributed by atoms with Crippen molar-refractivity contribution >= 4 is 35.3 Å². The van der Waals surface area contributed by atoms with Gasteiger partial charge in [0.05, 0.1) is 22.9 Å². The Kier molecular flexibility index (Phi) is 6.11. The number of esters is 1. The van der Waals surface area contributed by atoms with Crippen molar-refractivity contribution < 1.29 is 23.8 Å². The van der Waals surface area contributed by atoms with Crippen LogP contribution in [0.25, 0.3) is 0 Å². The molecule has 0 saturated carbocycles. The van der Waals surface area contributed by atoms with Gasteiger partial charge in [0.15, 0.2) is 0 Å². The van der Waals surface area contributed by atoms with Gasteiger partial charge in [-0.2, -0.15) is 0 Å². The Balaban J connectivity index is 2.75. The van der Waals surface area contributed by atoms with E-state index in [1.165, 1.54) is 0 Å². The molecule has 0 amide bonds. The fourth-order valence-corrected chi connectivity index (χ4v) is 2.27. The van der Waals surface area contributed by atoms with Crippen LogP contribution in [0, 0.1) is 5.82 Å². The number of hydrogen-bond acceptors (Lipinski definition) is 4. The van der Waals surface area contributed by atoms with Gasteiger partial charge in [-0.25, -0.2) is 9.18 Å². The Hall–Kier alpha value is -1.27. The molecule has 1 aromatic carbocycles. The second-order valence-electron chi connectivity index (χ2n) is 3.58. The molecule has 0 radical (unpaired) electrons. The maximum absolute atomic E-state index is 13.3. The maximum atomic E-state index is 13.3. The van der Waals surface area contributed by atoms with Crippen LogP contribution in [-0.2, 0) is 9.53 Å². The lowest BCUT2D eigenvalue weighted by Crippen LogP contribution is -2.08. The van der Waals surface area contributed by atoms with E-state index in [4.69, 9.17) is 21.4 Å². The Morgan fingerprint density at radius 1 is 1.47 bits per heavy atom. The molecular weight excluding hydrogens is 295 g/mol. The maximum Gasteiger partial charge on any atom is 0.338 e. The monoisotopic (exact) mass is 306 g/mol. The van der Waals surface area contributed by atoms with E-state index in [0.29, 0.717) is 11.5 Å². The highest BCUT2D eigenvalue weighted by Gasteiger charge is 2.15. The number of thioether (sulfide) groups is 1. The van der Waals surface area contributed by atoms with E-state index < -0.39 is 23.3 Å². The van der Waals surface area contributed by atoms with Gasteiger partial charge in [0, 0.05) is 4.90 Å². The Labute approximate surface area is 118 Å². The summed E-state index contributed by atoms with van der Waals surface area (Å²) in [7, 11) is 0. The van der Waals surface area contributed by atoms with Crippen molar-refractivity contribution in [2.45, 2.75) is 18.2 Å². The van der Waals surface area contributed by atoms with E-state index in [1.807, 2.05) is 6.92 Å². The standard InChI is InChI=1S/C12H12ClFO4S/c1-2-3-18-11(15)6-19-10-4-7(12(16)17)9(14)5-8(10)13/h4-5H,2-3,6H2,1H3,(H,16,17). The molecule has 0 spiro atoms. The van der Waals surface area contributed by atoms with Crippen molar-refractivity contribution in [1.29, 1.82) is 0 Å². The summed E-state index contributed by atoms with van der Waals surface area (Å²) in [6.45, 7) is 2.20. The van der Waals surface area contributed by atoms with Crippen LogP contribution in [0.3, 0.4) is 0 Å². The van der Waals surface area contributed by atoms with Gasteiger partial charge in [-0.05, 0) is 18.6 Å². The van der Waals surface area contributed by atoms with Gasteiger partial charge in [-0.15, -0.1) is 11.8 Å². The summed E-state index contributed by atoms with van der Waals surface area (Å²) < 4.78 is 18.1. The number of carbonyl (C=O) groups is 2. The number of carboxylic acid groups (broad SMARTS) is 1. The van der Waals surface area contributed by atoms with Gasteiger partial charge >= 0.3 is 11.9 Å². The van der Waals surface area contributed by atoms with Crippen LogP contribution >= 0.6 is 23.4 Å². The van der Waals surface area contributed by atoms with E-state index in [-0.39, 0.29) is 10.8 Å². The van der Waals surface area contributed by atoms with Crippen molar-refractivity contribution in [3.8, 4) is 0 Å². The summed E-state index contributed by atoms with van der Waals surface area (Å²) in [5, 5.41) is 8.86. The van der Waals surface area contributed by atoms with Crippen LogP contribution in [0.4, 0.5) is 4.39 Å². The normalized spacial score (nSPS) is 10.3. The van der Waals surface area contributed by atoms with Gasteiger partial charge in [0.1, 0.15) is 5.82 Å². The first-order valence-electron chi connectivity index (χ1n) is 5.46. The van der Waals surface area contributed by atoms with Crippen molar-refractivity contribution in [3.63, 3.8) is 0 Å². The molecule has 1 aromatic rings. The number of carboxylic acids is 1. The zero-order valence-electron chi connectivity index (χ0n) is 10.1. The number of benzene rings is 1. The molecule has 0 unspecified atom stereocenters. The summed E-state index contributed by atoms with van der Waals surface area (Å²) in [4.78, 5) is 22.4. The van der Waals surface area contributed by atoms with E-state index >= 15 is 0 Å². The molecule has 1 N–H and O–H groups in total. The van der Waals surface area contributed by atoms with Crippen molar-refractivity contribution in [2.24, 2.45) is 0 Å². The number of rotatable bonds is 6. The van der Waals surface area contributed by atoms with Crippen LogP contribution < -0.4 is 0 Å². The van der Waals surface area contributed by atoms with Gasteiger partial charge in [0.25, 0.3) is 0 Å². The third-order valence-corrected chi connectivity index (χ3v) is 3.52. The molecule has 1 rings (SSSR count). The highest BCUT2D eigenvalue weighted by atomic mass is 35.5. The number of carbonyl (C=O) groups excluding carboxylic acids is 1. The fourth-order valence-electron chi connectivity index (χ4n) is 1.20. The molecule has 4 nitrogen and oxygen atoms in total. The van der Waals surface area contributed by atoms with Gasteiger partial charge < -0.3 is 9.84 Å². The molecule has 0 saturated heterocycles. The Morgan fingerprint density at radius 3 is 2.74 bits per heavy atom. The molecule has 0 fully saturated rings. The molecule has 0 aliphatic carbocycles. The Bertz CT molecular complexity index is 493. The van der Waals surface area contributed by atoms with Crippen molar-refractivity contribution in [3.05, 3.63) is 28.5 Å². The Morgan fingerprint density at radius 2 is 2.16 bits per heavy atom. The summed E-state index contributed by atoms with van der Waals surface area (Å²) in [5.41, 5.74) is -0.478. The second kappa shape index (κ2) is 7.35. The largest absolute Gasteiger partial charge is 0.478 e. The number of ether oxygens (including phenoxy) is 1. The molecule has 104 valence electrons. The lowest BCUT2D eigenvalue weighted by molar-refractivity contribution is -0.140. The van der Waals surface area contributed by atoms with Crippen LogP contribution in [0.1, 0.15) is 23.7 Å². The average Bonchev–Trinajstić information content (AvgIpc) is 2.34. The van der Waals surface area contributed by atoms with Gasteiger partial charge in [-0.3, -0.25) is 4.79 Å². The third-order valence-electron chi connectivity index (χ3n) is 2.06. The number of hydrogen-bond donors (Lipinski definition) is 1. The highest BCUT2D eigenvalue weighted by Crippen LogP contribution is 2.30. The van der Waals surface area contributed by atoms with Crippen molar-refractivity contribution in [1.82, 2.24) is 0 Å². The van der Waals surface area contributed by atoms with E-state index in [9.17, 15) is 14.0 Å². The van der Waals surface area contributed by atoms with Crippen LogP contribution in [0.5, 0.6) is 0 Å². The number of halogens is 2. The van der Waals surface area contributed by atoms with Crippen LogP contribution in [0.2, 0.25) is 5.02 Å². The topological polar surface area (TPSA) is 63.6 Å². The van der Waals surface area contributed by atoms with E-state index in [0.717, 1.165) is 30.3 Å². The van der Waals surface area contributed by atoms with E-state index in [2.05, 4.69) is 0 Å². The van der Waals surface area contributed by atoms with Gasteiger partial charge in [0.2, 0.25) is 0 Å². The van der Waals surface area contributed by atoms with Crippen LogP contribution in [-0.4, -0.2) is 29.4 Å². The summed E-state index contributed by atoms with van der Waals surface area (Å²) >= 11 is 6.80. The first kappa shape index (κ1) is 15.8. The molecular formula is C12H12ClFO4S. The molecule has 0 aliphatic rings. The fraction of sp³-hybridized carbons (Fsp3) is 0.333. The molecule has 0 atom stereocenters. The molecule has 19 heavy (non-hydrogen) atoms. The highest BCUT2D eigenvalue weighted by molar-refractivity contribution is 8.00. The molecule has 7 heteroatoms. The van der Waals surface area contributed by atoms with Gasteiger partial charge in [-0.1, -0.05) is 18.5 Å². The minimum atomic E-state index is -1.38. The lowest BCUT2D eigenvalue weighted by atomic mass is 10.2. The average molecular weight is 307 g/mol. The van der Waals surface area contributed by atoms with E-state index in [1.54, 1.807) is 0 Å². The molecule has 0 aliphatic heterocycles. The zero-order chi connectivity index (χ0) is 14.4. The first-order valence-corrected chi connectivity index (χ1v) is 6.82. The summed E-state index contributed by atoms with van der Waals surface area (Å²) in [6.07, 6.45) is 0.719. The lowest BCUT2D eigenvalue weighted by Gasteiger charge is -2.07.